The maximum atomic E-state index is 14.5. The first-order valence-electron chi connectivity index (χ1n) is 12.9. The summed E-state index contributed by atoms with van der Waals surface area (Å²) in [5, 5.41) is -0.365. The molecule has 2 aromatic heterocycles. The summed E-state index contributed by atoms with van der Waals surface area (Å²) in [5.74, 6) is 0.476. The summed E-state index contributed by atoms with van der Waals surface area (Å²) in [6.07, 6.45) is 0.882. The molecule has 0 radical (unpaired) electrons. The number of aromatic nitrogens is 2. The number of hydrogen-bond acceptors (Lipinski definition) is 8. The van der Waals surface area contributed by atoms with Gasteiger partial charge in [-0.1, -0.05) is 33.8 Å². The summed E-state index contributed by atoms with van der Waals surface area (Å²) in [4.78, 5) is 23.9. The van der Waals surface area contributed by atoms with Crippen molar-refractivity contribution in [1.82, 2.24) is 14.7 Å². The van der Waals surface area contributed by atoms with Crippen molar-refractivity contribution in [2.24, 2.45) is 17.8 Å². The molecule has 1 aromatic carbocycles. The molecule has 2 unspecified atom stereocenters. The first-order valence-corrected chi connectivity index (χ1v) is 14.4. The third-order valence-corrected chi connectivity index (χ3v) is 7.98. The van der Waals surface area contributed by atoms with E-state index in [2.05, 4.69) is 23.6 Å². The van der Waals surface area contributed by atoms with Crippen LogP contribution in [0.3, 0.4) is 0 Å². The zero-order valence-corrected chi connectivity index (χ0v) is 23.3. The fourth-order valence-electron chi connectivity index (χ4n) is 4.35. The van der Waals surface area contributed by atoms with Gasteiger partial charge in [0.2, 0.25) is 0 Å². The highest BCUT2D eigenvalue weighted by Gasteiger charge is 2.29. The molecule has 1 aliphatic heterocycles. The van der Waals surface area contributed by atoms with Gasteiger partial charge in [-0.05, 0) is 60.6 Å². The van der Waals surface area contributed by atoms with Gasteiger partial charge in [-0.3, -0.25) is 4.79 Å². The number of hydrogen-bond donors (Lipinski definition) is 2. The lowest BCUT2D eigenvalue weighted by molar-refractivity contribution is 0.0981. The summed E-state index contributed by atoms with van der Waals surface area (Å²) in [5.41, 5.74) is 6.63. The van der Waals surface area contributed by atoms with Crippen molar-refractivity contribution in [3.63, 3.8) is 0 Å². The van der Waals surface area contributed by atoms with Crippen LogP contribution in [0.1, 0.15) is 44.5 Å². The number of sulfonamides is 1. The van der Waals surface area contributed by atoms with Crippen LogP contribution in [0.25, 0.3) is 11.3 Å². The van der Waals surface area contributed by atoms with E-state index in [0.29, 0.717) is 54.4 Å². The van der Waals surface area contributed by atoms with Crippen molar-refractivity contribution in [3.8, 4) is 17.0 Å². The molecule has 1 saturated heterocycles. The normalized spacial score (nSPS) is 17.7. The summed E-state index contributed by atoms with van der Waals surface area (Å²) in [7, 11) is -4.29. The highest BCUT2D eigenvalue weighted by molar-refractivity contribution is 7.90. The maximum absolute atomic E-state index is 14.5. The Kier molecular flexibility index (Phi) is 8.39. The number of nitrogens with zero attached hydrogens (tertiary/aromatic N) is 3. The zero-order chi connectivity index (χ0) is 28.3. The molecular formula is C28H34FN5O4S. The first kappa shape index (κ1) is 28.3. The molecule has 11 heteroatoms. The number of piperidine rings is 1. The minimum absolute atomic E-state index is 0.0142. The Morgan fingerprint density at radius 2 is 1.92 bits per heavy atom. The predicted octanol–water partition coefficient (Wildman–Crippen LogP) is 4.50. The molecular weight excluding hydrogens is 521 g/mol. The zero-order valence-electron chi connectivity index (χ0n) is 22.5. The Balaban J connectivity index is 1.72. The Bertz CT molecular complexity index is 1460. The van der Waals surface area contributed by atoms with Gasteiger partial charge < -0.3 is 15.4 Å². The summed E-state index contributed by atoms with van der Waals surface area (Å²) in [6.45, 7) is 10.0. The number of nitrogen functional groups attached to an aromatic ring is 1. The minimum atomic E-state index is -4.29. The van der Waals surface area contributed by atoms with Crippen LogP contribution >= 0.6 is 0 Å². The number of rotatable bonds is 8. The van der Waals surface area contributed by atoms with Crippen LogP contribution < -0.4 is 20.1 Å². The standard InChI is InChI=1S/C28H34FN5O4S/c1-17(2)16-38-22-13-20(12-21(29)14-22)24-9-8-23(27(31-24)34-11-10-18(3)19(4)15-34)28(35)33-39(36,37)26-7-5-6-25(30)32-26/h5-9,12-14,17-19H,10-11,15-16H2,1-4H3,(H2,30,32)(H,33,35). The van der Waals surface area contributed by atoms with E-state index in [0.717, 1.165) is 6.42 Å². The van der Waals surface area contributed by atoms with Crippen LogP contribution in [0, 0.1) is 23.6 Å². The number of anilines is 2. The van der Waals surface area contributed by atoms with Gasteiger partial charge in [0.1, 0.15) is 23.2 Å². The van der Waals surface area contributed by atoms with E-state index in [-0.39, 0.29) is 22.3 Å². The number of benzene rings is 1. The van der Waals surface area contributed by atoms with Crippen LogP contribution in [0.4, 0.5) is 16.0 Å². The van der Waals surface area contributed by atoms with E-state index in [1.54, 1.807) is 12.1 Å². The lowest BCUT2D eigenvalue weighted by Gasteiger charge is -2.37. The number of halogens is 1. The molecule has 39 heavy (non-hydrogen) atoms. The van der Waals surface area contributed by atoms with E-state index >= 15 is 0 Å². The summed E-state index contributed by atoms with van der Waals surface area (Å²) >= 11 is 0. The molecule has 208 valence electrons. The molecule has 0 aliphatic carbocycles. The van der Waals surface area contributed by atoms with Crippen molar-refractivity contribution < 1.29 is 22.3 Å². The number of amides is 1. The van der Waals surface area contributed by atoms with Crippen molar-refractivity contribution >= 4 is 27.6 Å². The van der Waals surface area contributed by atoms with Crippen molar-refractivity contribution in [2.45, 2.75) is 39.1 Å². The van der Waals surface area contributed by atoms with Gasteiger partial charge in [0.05, 0.1) is 17.9 Å². The number of pyridine rings is 2. The molecule has 3 heterocycles. The molecule has 3 aromatic rings. The molecule has 0 saturated carbocycles. The quantitative estimate of drug-likeness (QED) is 0.416. The third-order valence-electron chi connectivity index (χ3n) is 6.75. The highest BCUT2D eigenvalue weighted by atomic mass is 32.2. The number of nitrogens with two attached hydrogens (primary N) is 1. The monoisotopic (exact) mass is 555 g/mol. The fourth-order valence-corrected chi connectivity index (χ4v) is 5.29. The van der Waals surface area contributed by atoms with Crippen LogP contribution in [0.2, 0.25) is 0 Å². The first-order chi connectivity index (χ1) is 18.4. The lowest BCUT2D eigenvalue weighted by atomic mass is 9.88. The van der Waals surface area contributed by atoms with Crippen molar-refractivity contribution in [2.75, 3.05) is 30.3 Å². The Labute approximate surface area is 228 Å². The lowest BCUT2D eigenvalue weighted by Crippen LogP contribution is -2.40. The van der Waals surface area contributed by atoms with E-state index in [4.69, 9.17) is 15.5 Å². The second-order valence-corrected chi connectivity index (χ2v) is 12.1. The van der Waals surface area contributed by atoms with Crippen molar-refractivity contribution in [3.05, 3.63) is 59.9 Å². The minimum Gasteiger partial charge on any atom is -0.493 e. The van der Waals surface area contributed by atoms with Gasteiger partial charge in [0.15, 0.2) is 5.03 Å². The smallest absolute Gasteiger partial charge is 0.281 e. The summed E-state index contributed by atoms with van der Waals surface area (Å²) < 4.78 is 48.1. The third kappa shape index (κ3) is 6.83. The summed E-state index contributed by atoms with van der Waals surface area (Å²) in [6, 6.07) is 11.6. The van der Waals surface area contributed by atoms with E-state index < -0.39 is 21.7 Å². The van der Waals surface area contributed by atoms with Gasteiger partial charge in [-0.25, -0.2) is 19.1 Å². The van der Waals surface area contributed by atoms with Crippen LogP contribution in [-0.2, 0) is 10.0 Å². The average Bonchev–Trinajstić information content (AvgIpc) is 2.88. The van der Waals surface area contributed by atoms with Gasteiger partial charge >= 0.3 is 0 Å². The second kappa shape index (κ2) is 11.6. The SMILES string of the molecule is CC(C)COc1cc(F)cc(-c2ccc(C(=O)NS(=O)(=O)c3cccc(N)n3)c(N3CCC(C)C(C)C3)n2)c1. The number of carbonyl (C=O) groups excluding carboxylic acids is 1. The van der Waals surface area contributed by atoms with E-state index in [9.17, 15) is 17.6 Å². The van der Waals surface area contributed by atoms with Crippen molar-refractivity contribution in [1.29, 1.82) is 0 Å². The maximum Gasteiger partial charge on any atom is 0.281 e. The van der Waals surface area contributed by atoms with Gasteiger partial charge in [-0.2, -0.15) is 8.42 Å². The average molecular weight is 556 g/mol. The Morgan fingerprint density at radius 1 is 1.15 bits per heavy atom. The van der Waals surface area contributed by atoms with Crippen LogP contribution in [0.5, 0.6) is 5.75 Å². The van der Waals surface area contributed by atoms with Gasteiger partial charge in [-0.15, -0.1) is 0 Å². The van der Waals surface area contributed by atoms with Gasteiger partial charge in [0, 0.05) is 24.7 Å². The molecule has 3 N–H and O–H groups in total. The number of carbonyl (C=O) groups is 1. The number of nitrogens with one attached hydrogen (secondary N) is 1. The van der Waals surface area contributed by atoms with Crippen LogP contribution in [-0.4, -0.2) is 44.0 Å². The predicted molar refractivity (Wildman–Crippen MR) is 148 cm³/mol. The van der Waals surface area contributed by atoms with Crippen LogP contribution in [0.15, 0.2) is 53.6 Å². The molecule has 1 amide bonds. The highest BCUT2D eigenvalue weighted by Crippen LogP contribution is 2.32. The Morgan fingerprint density at radius 3 is 2.62 bits per heavy atom. The molecule has 1 aliphatic rings. The number of ether oxygens (including phenoxy) is 1. The van der Waals surface area contributed by atoms with Gasteiger partial charge in [0.25, 0.3) is 15.9 Å². The topological polar surface area (TPSA) is 128 Å². The van der Waals surface area contributed by atoms with E-state index in [1.165, 1.54) is 36.4 Å². The van der Waals surface area contributed by atoms with E-state index in [1.807, 2.05) is 18.7 Å². The molecule has 4 rings (SSSR count). The molecule has 2 atom stereocenters. The molecule has 1 fully saturated rings. The Hall–Kier alpha value is -3.73. The molecule has 9 nitrogen and oxygen atoms in total. The molecule has 0 bridgehead atoms. The molecule has 0 spiro atoms. The fraction of sp³-hybridized carbons (Fsp3) is 0.393. The second-order valence-electron chi connectivity index (χ2n) is 10.5. The largest absolute Gasteiger partial charge is 0.493 e.